The van der Waals surface area contributed by atoms with Crippen molar-refractivity contribution in [3.63, 3.8) is 0 Å². The van der Waals surface area contributed by atoms with Gasteiger partial charge < -0.3 is 43.8 Å². The van der Waals surface area contributed by atoms with Gasteiger partial charge in [0.15, 0.2) is 11.7 Å². The lowest BCUT2D eigenvalue weighted by molar-refractivity contribution is -0.138. The normalized spacial score (nSPS) is 16.9. The van der Waals surface area contributed by atoms with Gasteiger partial charge in [0.2, 0.25) is 35.4 Å². The Labute approximate surface area is 295 Å². The van der Waals surface area contributed by atoms with E-state index in [0.717, 1.165) is 13.0 Å². The maximum atomic E-state index is 13.7. The number of carbonyl (C=O) groups excluding carboxylic acids is 7. The average molecular weight is 709 g/mol. The fourth-order valence-corrected chi connectivity index (χ4v) is 5.36. The minimum Gasteiger partial charge on any atom is -0.370 e. The van der Waals surface area contributed by atoms with Crippen LogP contribution in [0.3, 0.4) is 0 Å². The van der Waals surface area contributed by atoms with E-state index in [1.54, 1.807) is 34.6 Å². The van der Waals surface area contributed by atoms with Gasteiger partial charge >= 0.3 is 0 Å². The summed E-state index contributed by atoms with van der Waals surface area (Å²) < 4.78 is 0. The van der Waals surface area contributed by atoms with E-state index in [4.69, 9.17) is 17.2 Å². The SMILES string of the molecule is CC(C)C(=O)CNC(=O)C(C)(C)NC(=O)[C@H](CCCN=C(N)N)NC(=O)[C@H](CC(N)=O)NC(=O)[C@@H](NC(=O)[C@@H]1CCCN1C(C)C)C(C)(C)C. The number of ketones is 1. The van der Waals surface area contributed by atoms with Crippen LogP contribution in [0.5, 0.6) is 0 Å². The van der Waals surface area contributed by atoms with Gasteiger partial charge in [-0.3, -0.25) is 43.5 Å². The topological polar surface area (TPSA) is 273 Å². The number of nitrogens with zero attached hydrogens (tertiary/aromatic N) is 2. The number of nitrogens with two attached hydrogens (primary N) is 3. The highest BCUT2D eigenvalue weighted by Gasteiger charge is 2.40. The van der Waals surface area contributed by atoms with Gasteiger partial charge in [-0.25, -0.2) is 0 Å². The lowest BCUT2D eigenvalue weighted by Gasteiger charge is -2.34. The molecule has 50 heavy (non-hydrogen) atoms. The van der Waals surface area contributed by atoms with Crippen molar-refractivity contribution in [1.29, 1.82) is 0 Å². The van der Waals surface area contributed by atoms with Crippen molar-refractivity contribution in [3.8, 4) is 0 Å². The summed E-state index contributed by atoms with van der Waals surface area (Å²) in [6.45, 7) is 16.1. The third-order valence-corrected chi connectivity index (χ3v) is 8.36. The van der Waals surface area contributed by atoms with E-state index in [9.17, 15) is 33.6 Å². The predicted molar refractivity (Wildman–Crippen MR) is 189 cm³/mol. The monoisotopic (exact) mass is 708 g/mol. The van der Waals surface area contributed by atoms with Gasteiger partial charge in [0, 0.05) is 18.5 Å². The molecule has 1 saturated heterocycles. The summed E-state index contributed by atoms with van der Waals surface area (Å²) in [7, 11) is 0. The molecule has 0 aromatic rings. The summed E-state index contributed by atoms with van der Waals surface area (Å²) in [4.78, 5) is 97.1. The number of guanidine groups is 1. The van der Waals surface area contributed by atoms with Gasteiger partial charge in [-0.2, -0.15) is 0 Å². The molecule has 17 nitrogen and oxygen atoms in total. The minimum atomic E-state index is -1.51. The van der Waals surface area contributed by atoms with Crippen LogP contribution in [0.15, 0.2) is 4.99 Å². The molecule has 17 heteroatoms. The number of likely N-dealkylation sites (tertiary alicyclic amines) is 1. The van der Waals surface area contributed by atoms with Crippen molar-refractivity contribution in [2.24, 2.45) is 33.5 Å². The number of hydrogen-bond donors (Lipinski definition) is 8. The fourth-order valence-electron chi connectivity index (χ4n) is 5.36. The van der Waals surface area contributed by atoms with Gasteiger partial charge in [0.1, 0.15) is 23.7 Å². The number of amides is 6. The second-order valence-electron chi connectivity index (χ2n) is 15.0. The molecule has 1 fully saturated rings. The Morgan fingerprint density at radius 2 is 1.44 bits per heavy atom. The van der Waals surface area contributed by atoms with Crippen molar-refractivity contribution in [2.75, 3.05) is 19.6 Å². The zero-order chi connectivity index (χ0) is 38.6. The summed E-state index contributed by atoms with van der Waals surface area (Å²) in [5.74, 6) is -4.89. The number of Topliss-reactive ketones (excluding diaryl/α,β-unsaturated/α-hetero) is 1. The largest absolute Gasteiger partial charge is 0.370 e. The Hall–Kier alpha value is -4.28. The molecular weight excluding hydrogens is 648 g/mol. The van der Waals surface area contributed by atoms with Crippen LogP contribution >= 0.6 is 0 Å². The van der Waals surface area contributed by atoms with Crippen molar-refractivity contribution in [3.05, 3.63) is 0 Å². The zero-order valence-corrected chi connectivity index (χ0v) is 31.1. The number of nitrogens with one attached hydrogen (secondary N) is 5. The third kappa shape index (κ3) is 14.3. The second-order valence-corrected chi connectivity index (χ2v) is 15.0. The van der Waals surface area contributed by atoms with Crippen molar-refractivity contribution in [2.45, 2.75) is 130 Å². The van der Waals surface area contributed by atoms with Crippen LogP contribution < -0.4 is 43.8 Å². The minimum absolute atomic E-state index is 0.00351. The first-order valence-corrected chi connectivity index (χ1v) is 17.1. The predicted octanol–water partition coefficient (Wildman–Crippen LogP) is -1.48. The Balaban J connectivity index is 3.23. The van der Waals surface area contributed by atoms with Gasteiger partial charge in [-0.15, -0.1) is 0 Å². The van der Waals surface area contributed by atoms with E-state index < -0.39 is 71.1 Å². The van der Waals surface area contributed by atoms with Crippen molar-refractivity contribution in [1.82, 2.24) is 31.5 Å². The summed E-state index contributed by atoms with van der Waals surface area (Å²) in [6, 6.07) is -4.16. The van der Waals surface area contributed by atoms with E-state index >= 15 is 0 Å². The zero-order valence-electron chi connectivity index (χ0n) is 31.1. The molecule has 0 spiro atoms. The maximum absolute atomic E-state index is 13.7. The molecular formula is C33H60N10O7. The number of hydrogen-bond acceptors (Lipinski definition) is 9. The Kier molecular flexibility index (Phi) is 16.8. The highest BCUT2D eigenvalue weighted by atomic mass is 16.2. The molecule has 284 valence electrons. The number of aliphatic imine (C=N–C) groups is 1. The smallest absolute Gasteiger partial charge is 0.245 e. The molecule has 1 aliphatic heterocycles. The van der Waals surface area contributed by atoms with Crippen molar-refractivity contribution < 1.29 is 33.6 Å². The average Bonchev–Trinajstić information content (AvgIpc) is 3.48. The highest BCUT2D eigenvalue weighted by molar-refractivity contribution is 5.98. The number of carbonyl (C=O) groups is 7. The van der Waals surface area contributed by atoms with Crippen LogP contribution in [0, 0.1) is 11.3 Å². The van der Waals surface area contributed by atoms with Gasteiger partial charge in [-0.05, 0) is 65.3 Å². The summed E-state index contributed by atoms with van der Waals surface area (Å²) in [5.41, 5.74) is 14.0. The quantitative estimate of drug-likeness (QED) is 0.0438. The molecule has 0 saturated carbocycles. The summed E-state index contributed by atoms with van der Waals surface area (Å²) >= 11 is 0. The van der Waals surface area contributed by atoms with Crippen LogP contribution in [0.25, 0.3) is 0 Å². The van der Waals surface area contributed by atoms with E-state index in [1.165, 1.54) is 13.8 Å². The van der Waals surface area contributed by atoms with E-state index in [0.29, 0.717) is 6.42 Å². The Morgan fingerprint density at radius 3 is 1.96 bits per heavy atom. The van der Waals surface area contributed by atoms with Gasteiger partial charge in [0.05, 0.1) is 19.0 Å². The molecule has 0 aromatic carbocycles. The molecule has 11 N–H and O–H groups in total. The molecule has 0 aromatic heterocycles. The highest BCUT2D eigenvalue weighted by Crippen LogP contribution is 2.24. The van der Waals surface area contributed by atoms with Crippen LogP contribution in [-0.2, 0) is 33.6 Å². The summed E-state index contributed by atoms with van der Waals surface area (Å²) in [6.07, 6.45) is 1.10. The first kappa shape index (κ1) is 43.7. The standard InChI is InChI=1S/C33H60N10O7/c1-18(2)23(44)17-38-30(50)33(8,9)42-27(47)20(12-10-14-37-31(35)36)39-26(46)21(16-24(34)45)40-29(49)25(32(5,6)7)41-28(48)22-13-11-15-43(22)19(3)4/h18-22,25H,10-17H2,1-9H3,(H2,34,45)(H,38,50)(H,39,46)(H,40,49)(H,41,48)(H,42,47)(H4,35,36,37)/t20-,21-,22-,25+/m0/s1. The first-order chi connectivity index (χ1) is 23.0. The van der Waals surface area contributed by atoms with Crippen LogP contribution in [-0.4, -0.2) is 107 Å². The fraction of sp³-hybridized carbons (Fsp3) is 0.758. The molecule has 4 atom stereocenters. The van der Waals surface area contributed by atoms with Crippen LogP contribution in [0.1, 0.15) is 94.4 Å². The second kappa shape index (κ2) is 19.2. The molecule has 1 heterocycles. The molecule has 6 amide bonds. The maximum Gasteiger partial charge on any atom is 0.245 e. The number of primary amides is 1. The summed E-state index contributed by atoms with van der Waals surface area (Å²) in [5, 5.41) is 13.1. The molecule has 0 aliphatic carbocycles. The molecule has 1 rings (SSSR count). The Bertz CT molecular complexity index is 1270. The van der Waals surface area contributed by atoms with Crippen LogP contribution in [0.4, 0.5) is 0 Å². The first-order valence-electron chi connectivity index (χ1n) is 17.1. The number of rotatable bonds is 19. The van der Waals surface area contributed by atoms with Crippen LogP contribution in [0.2, 0.25) is 0 Å². The molecule has 0 unspecified atom stereocenters. The third-order valence-electron chi connectivity index (χ3n) is 8.36. The Morgan fingerprint density at radius 1 is 0.840 bits per heavy atom. The van der Waals surface area contributed by atoms with Crippen molar-refractivity contribution >= 4 is 47.2 Å². The molecule has 1 aliphatic rings. The van der Waals surface area contributed by atoms with E-state index in [2.05, 4.69) is 36.5 Å². The lowest BCUT2D eigenvalue weighted by Crippen LogP contribution is -2.62. The van der Waals surface area contributed by atoms with E-state index in [-0.39, 0.29) is 55.5 Å². The lowest BCUT2D eigenvalue weighted by atomic mass is 9.85. The molecule has 0 radical (unpaired) electrons. The van der Waals surface area contributed by atoms with Gasteiger partial charge in [0.25, 0.3) is 0 Å². The van der Waals surface area contributed by atoms with E-state index in [1.807, 2.05) is 13.8 Å². The molecule has 0 bridgehead atoms. The van der Waals surface area contributed by atoms with Gasteiger partial charge in [-0.1, -0.05) is 34.6 Å².